The van der Waals surface area contributed by atoms with Gasteiger partial charge in [0.2, 0.25) is 0 Å². The fourth-order valence-electron chi connectivity index (χ4n) is 3.93. The fraction of sp³-hybridized carbons (Fsp3) is 0.217. The summed E-state index contributed by atoms with van der Waals surface area (Å²) < 4.78 is 5.51. The van der Waals surface area contributed by atoms with Crippen molar-refractivity contribution in [1.29, 1.82) is 0 Å². The van der Waals surface area contributed by atoms with Gasteiger partial charge in [-0.05, 0) is 40.1 Å². The minimum absolute atomic E-state index is 0.0857. The summed E-state index contributed by atoms with van der Waals surface area (Å²) >= 11 is 1.49. The molecule has 6 heteroatoms. The average molecular weight is 407 g/mol. The van der Waals surface area contributed by atoms with Crippen molar-refractivity contribution in [2.45, 2.75) is 18.4 Å². The second-order valence-corrected chi connectivity index (χ2v) is 8.15. The van der Waals surface area contributed by atoms with Gasteiger partial charge < -0.3 is 15.6 Å². The zero-order valence-corrected chi connectivity index (χ0v) is 16.5. The molecule has 0 saturated heterocycles. The number of carboxylic acid groups (broad SMARTS) is 1. The van der Waals surface area contributed by atoms with Crippen LogP contribution in [0.25, 0.3) is 11.1 Å². The zero-order valence-electron chi connectivity index (χ0n) is 15.7. The summed E-state index contributed by atoms with van der Waals surface area (Å²) in [6.07, 6.45) is 0.318. The van der Waals surface area contributed by atoms with Crippen LogP contribution in [0.15, 0.2) is 66.0 Å². The molecule has 1 aliphatic carbocycles. The van der Waals surface area contributed by atoms with Crippen LogP contribution in [0.3, 0.4) is 0 Å². The summed E-state index contributed by atoms with van der Waals surface area (Å²) in [6.45, 7) is 0.0857. The molecule has 5 nitrogen and oxygen atoms in total. The Bertz CT molecular complexity index is 985. The number of aliphatic carboxylic acids is 1. The molecule has 0 aliphatic heterocycles. The first-order valence-electron chi connectivity index (χ1n) is 9.42. The second kappa shape index (κ2) is 8.19. The molecule has 0 fully saturated rings. The predicted molar refractivity (Wildman–Crippen MR) is 112 cm³/mol. The summed E-state index contributed by atoms with van der Waals surface area (Å²) in [7, 11) is 0. The van der Waals surface area contributed by atoms with Crippen molar-refractivity contribution in [2.24, 2.45) is 11.7 Å². The Labute approximate surface area is 172 Å². The quantitative estimate of drug-likeness (QED) is 0.461. The molecule has 0 saturated carbocycles. The Morgan fingerprint density at radius 1 is 1.00 bits per heavy atom. The van der Waals surface area contributed by atoms with Crippen molar-refractivity contribution >= 4 is 23.3 Å². The molecule has 1 aliphatic rings. The highest BCUT2D eigenvalue weighted by atomic mass is 32.1. The molecule has 0 bridgehead atoms. The van der Waals surface area contributed by atoms with Gasteiger partial charge in [0, 0.05) is 16.8 Å². The first kappa shape index (κ1) is 19.4. The van der Waals surface area contributed by atoms with Gasteiger partial charge in [-0.1, -0.05) is 54.6 Å². The summed E-state index contributed by atoms with van der Waals surface area (Å²) in [5, 5.41) is 11.5. The number of carbonyl (C=O) groups is 2. The topological polar surface area (TPSA) is 89.6 Å². The van der Waals surface area contributed by atoms with E-state index >= 15 is 0 Å². The molecule has 29 heavy (non-hydrogen) atoms. The molecule has 3 N–H and O–H groups in total. The lowest BCUT2D eigenvalue weighted by molar-refractivity contribution is -0.159. The van der Waals surface area contributed by atoms with Gasteiger partial charge in [-0.2, -0.15) is 0 Å². The molecular formula is C23H21NO4S. The van der Waals surface area contributed by atoms with Gasteiger partial charge in [0.1, 0.15) is 6.61 Å². The highest BCUT2D eigenvalue weighted by molar-refractivity contribution is 7.09. The molecule has 1 aromatic heterocycles. The summed E-state index contributed by atoms with van der Waals surface area (Å²) in [5.74, 6) is -3.56. The maximum atomic E-state index is 12.7. The third-order valence-electron chi connectivity index (χ3n) is 5.32. The molecule has 148 valence electrons. The molecule has 2 aromatic carbocycles. The molecule has 3 aromatic rings. The van der Waals surface area contributed by atoms with Crippen LogP contribution < -0.4 is 5.73 Å². The van der Waals surface area contributed by atoms with Gasteiger partial charge in [-0.15, -0.1) is 11.3 Å². The number of benzene rings is 2. The van der Waals surface area contributed by atoms with Crippen LogP contribution in [-0.2, 0) is 20.7 Å². The Morgan fingerprint density at radius 3 is 2.17 bits per heavy atom. The number of rotatable bonds is 7. The lowest BCUT2D eigenvalue weighted by Crippen LogP contribution is -2.43. The Hall–Kier alpha value is -2.96. The Balaban J connectivity index is 1.50. The van der Waals surface area contributed by atoms with E-state index in [1.54, 1.807) is 0 Å². The van der Waals surface area contributed by atoms with E-state index in [0.717, 1.165) is 27.1 Å². The number of hydrogen-bond donors (Lipinski definition) is 2. The number of ether oxygens (including phenoxy) is 1. The lowest BCUT2D eigenvalue weighted by Gasteiger charge is -2.20. The van der Waals surface area contributed by atoms with E-state index in [1.165, 1.54) is 11.3 Å². The minimum Gasteiger partial charge on any atom is -0.481 e. The lowest BCUT2D eigenvalue weighted by atomic mass is 9.96. The van der Waals surface area contributed by atoms with Crippen molar-refractivity contribution in [1.82, 2.24) is 0 Å². The monoisotopic (exact) mass is 407 g/mol. The van der Waals surface area contributed by atoms with Crippen molar-refractivity contribution < 1.29 is 19.4 Å². The normalized spacial score (nSPS) is 14.7. The van der Waals surface area contributed by atoms with Crippen molar-refractivity contribution in [3.8, 4) is 11.1 Å². The van der Waals surface area contributed by atoms with E-state index in [1.807, 2.05) is 66.0 Å². The van der Waals surface area contributed by atoms with E-state index in [2.05, 4.69) is 0 Å². The summed E-state index contributed by atoms with van der Waals surface area (Å²) in [6, 6.07) is 18.9. The van der Waals surface area contributed by atoms with Crippen molar-refractivity contribution in [3.05, 3.63) is 82.0 Å². The van der Waals surface area contributed by atoms with Gasteiger partial charge in [-0.25, -0.2) is 0 Å². The highest BCUT2D eigenvalue weighted by Gasteiger charge is 2.36. The van der Waals surface area contributed by atoms with Crippen LogP contribution in [0, 0.1) is 5.92 Å². The maximum Gasteiger partial charge on any atom is 0.321 e. The molecule has 2 atom stereocenters. The predicted octanol–water partition coefficient (Wildman–Crippen LogP) is 3.67. The third kappa shape index (κ3) is 3.81. The molecule has 4 rings (SSSR count). The van der Waals surface area contributed by atoms with E-state index in [9.17, 15) is 14.7 Å². The molecule has 1 unspecified atom stereocenters. The van der Waals surface area contributed by atoms with Crippen LogP contribution in [0.1, 0.15) is 21.9 Å². The minimum atomic E-state index is -1.40. The fourth-order valence-corrected chi connectivity index (χ4v) is 4.71. The van der Waals surface area contributed by atoms with Gasteiger partial charge >= 0.3 is 11.9 Å². The Kier molecular flexibility index (Phi) is 5.47. The number of carbonyl (C=O) groups excluding carboxylic acids is 1. The van der Waals surface area contributed by atoms with Gasteiger partial charge in [0.15, 0.2) is 5.92 Å². The molecule has 0 amide bonds. The maximum absolute atomic E-state index is 12.7. The second-order valence-electron chi connectivity index (χ2n) is 7.12. The van der Waals surface area contributed by atoms with E-state index < -0.39 is 23.9 Å². The number of thiophene rings is 1. The van der Waals surface area contributed by atoms with Gasteiger partial charge in [-0.3, -0.25) is 9.59 Å². The summed E-state index contributed by atoms with van der Waals surface area (Å²) in [5.41, 5.74) is 10.5. The number of nitrogens with two attached hydrogens (primary N) is 1. The standard InChI is InChI=1S/C23H21NO4S/c24-20(12-14-6-5-11-29-14)21(22(25)26)23(27)28-13-19-17-9-3-1-7-15(17)16-8-2-4-10-18(16)19/h1-11,19-21H,12-13,24H2,(H,25,26)/t20?,21-/m1/s1. The first-order valence-corrected chi connectivity index (χ1v) is 10.3. The summed E-state index contributed by atoms with van der Waals surface area (Å²) in [4.78, 5) is 25.3. The van der Waals surface area contributed by atoms with Crippen LogP contribution in [0.2, 0.25) is 0 Å². The average Bonchev–Trinajstić information content (AvgIpc) is 3.32. The van der Waals surface area contributed by atoms with E-state index in [0.29, 0.717) is 6.42 Å². The molecular weight excluding hydrogens is 386 g/mol. The van der Waals surface area contributed by atoms with Crippen LogP contribution in [-0.4, -0.2) is 29.7 Å². The van der Waals surface area contributed by atoms with Crippen LogP contribution in [0.5, 0.6) is 0 Å². The number of hydrogen-bond acceptors (Lipinski definition) is 5. The largest absolute Gasteiger partial charge is 0.481 e. The Morgan fingerprint density at radius 2 is 1.62 bits per heavy atom. The van der Waals surface area contributed by atoms with Gasteiger partial charge in [0.25, 0.3) is 0 Å². The first-order chi connectivity index (χ1) is 14.1. The third-order valence-corrected chi connectivity index (χ3v) is 6.22. The van der Waals surface area contributed by atoms with Gasteiger partial charge in [0.05, 0.1) is 0 Å². The molecule has 0 radical (unpaired) electrons. The van der Waals surface area contributed by atoms with Crippen molar-refractivity contribution in [2.75, 3.05) is 6.61 Å². The number of carboxylic acids is 1. The molecule has 0 spiro atoms. The smallest absolute Gasteiger partial charge is 0.321 e. The molecule has 1 heterocycles. The number of fused-ring (bicyclic) bond motifs is 3. The zero-order chi connectivity index (χ0) is 20.4. The SMILES string of the molecule is NC(Cc1cccs1)[C@H](C(=O)O)C(=O)OCC1c2ccccc2-c2ccccc21. The highest BCUT2D eigenvalue weighted by Crippen LogP contribution is 2.44. The number of esters is 1. The van der Waals surface area contributed by atoms with Crippen LogP contribution >= 0.6 is 11.3 Å². The van der Waals surface area contributed by atoms with E-state index in [4.69, 9.17) is 10.5 Å². The van der Waals surface area contributed by atoms with E-state index in [-0.39, 0.29) is 12.5 Å². The van der Waals surface area contributed by atoms with Crippen LogP contribution in [0.4, 0.5) is 0 Å². The van der Waals surface area contributed by atoms with Crippen molar-refractivity contribution in [3.63, 3.8) is 0 Å².